The Morgan fingerprint density at radius 2 is 1.00 bits per heavy atom. The fourth-order valence-corrected chi connectivity index (χ4v) is 3.17. The second-order valence-electron chi connectivity index (χ2n) is 6.34. The molecule has 4 rings (SSSR count). The molecule has 0 aliphatic carbocycles. The molecule has 30 heavy (non-hydrogen) atoms. The second kappa shape index (κ2) is 7.09. The first-order chi connectivity index (χ1) is 14.4. The Morgan fingerprint density at radius 1 is 0.633 bits per heavy atom. The van der Waals surface area contributed by atoms with E-state index < -0.39 is 23.8 Å². The molecule has 2 aromatic carbocycles. The van der Waals surface area contributed by atoms with E-state index in [2.05, 4.69) is 10.9 Å². The normalized spacial score (nSPS) is 10.8. The summed E-state index contributed by atoms with van der Waals surface area (Å²) in [6, 6.07) is 15.9. The predicted molar refractivity (Wildman–Crippen MR) is 107 cm³/mol. The molecule has 0 unspecified atom stereocenters. The van der Waals surface area contributed by atoms with Crippen molar-refractivity contribution in [3.05, 3.63) is 72.1 Å². The molecule has 2 heterocycles. The zero-order valence-corrected chi connectivity index (χ0v) is 15.2. The average molecular weight is 406 g/mol. The number of amides is 2. The van der Waals surface area contributed by atoms with Gasteiger partial charge in [-0.15, -0.1) is 0 Å². The van der Waals surface area contributed by atoms with E-state index in [1.807, 2.05) is 0 Å². The third kappa shape index (κ3) is 3.11. The van der Waals surface area contributed by atoms with Gasteiger partial charge in [0.25, 0.3) is 0 Å². The van der Waals surface area contributed by atoms with Crippen LogP contribution in [0.1, 0.15) is 21.0 Å². The molecule has 0 spiro atoms. The predicted octanol–water partition coefficient (Wildman–Crippen LogP) is 1.83. The van der Waals surface area contributed by atoms with Crippen LogP contribution in [0.3, 0.4) is 0 Å². The molecule has 0 atom stereocenters. The number of carboxylic acids is 2. The Kier molecular flexibility index (Phi) is 4.43. The van der Waals surface area contributed by atoms with Gasteiger partial charge in [-0.1, -0.05) is 36.4 Å². The van der Waals surface area contributed by atoms with Crippen molar-refractivity contribution in [2.75, 3.05) is 10.9 Å². The van der Waals surface area contributed by atoms with Crippen LogP contribution in [0.4, 0.5) is 0 Å². The SMILES string of the molecule is O=C(Nn1c(C(=O)O)cc2ccccc21)C(=O)Nn1c(C(=O)O)cc2ccccc21. The molecule has 0 saturated carbocycles. The molecule has 0 saturated heterocycles. The summed E-state index contributed by atoms with van der Waals surface area (Å²) in [5, 5.41) is 19.9. The molecule has 2 amide bonds. The van der Waals surface area contributed by atoms with Crippen LogP contribution in [0.15, 0.2) is 60.7 Å². The summed E-state index contributed by atoms with van der Waals surface area (Å²) < 4.78 is 1.98. The van der Waals surface area contributed by atoms with Gasteiger partial charge in [-0.3, -0.25) is 20.4 Å². The van der Waals surface area contributed by atoms with Crippen LogP contribution >= 0.6 is 0 Å². The van der Waals surface area contributed by atoms with E-state index in [1.54, 1.807) is 48.5 Å². The molecule has 10 heteroatoms. The lowest BCUT2D eigenvalue weighted by molar-refractivity contribution is -0.134. The molecule has 0 radical (unpaired) electrons. The maximum Gasteiger partial charge on any atom is 0.354 e. The number of carboxylic acid groups (broad SMARTS) is 2. The van der Waals surface area contributed by atoms with Gasteiger partial charge in [-0.05, 0) is 24.3 Å². The summed E-state index contributed by atoms with van der Waals surface area (Å²) in [6.45, 7) is 0. The molecule has 4 N–H and O–H groups in total. The van der Waals surface area contributed by atoms with Crippen molar-refractivity contribution < 1.29 is 29.4 Å². The quantitative estimate of drug-likeness (QED) is 0.381. The number of nitrogens with zero attached hydrogens (tertiary/aromatic N) is 2. The average Bonchev–Trinajstić information content (AvgIpc) is 3.27. The van der Waals surface area contributed by atoms with Gasteiger partial charge < -0.3 is 10.2 Å². The number of carbonyl (C=O) groups excluding carboxylic acids is 2. The minimum Gasteiger partial charge on any atom is -0.477 e. The molecule has 2 aromatic heterocycles. The first kappa shape index (κ1) is 18.7. The van der Waals surface area contributed by atoms with Crippen molar-refractivity contribution in [1.29, 1.82) is 0 Å². The zero-order valence-electron chi connectivity index (χ0n) is 15.2. The van der Waals surface area contributed by atoms with E-state index in [-0.39, 0.29) is 11.4 Å². The van der Waals surface area contributed by atoms with Crippen LogP contribution in [0.5, 0.6) is 0 Å². The summed E-state index contributed by atoms with van der Waals surface area (Å²) in [4.78, 5) is 48.0. The lowest BCUT2D eigenvalue weighted by Gasteiger charge is -2.12. The molecule has 0 aliphatic rings. The van der Waals surface area contributed by atoms with Gasteiger partial charge in [0.2, 0.25) is 0 Å². The summed E-state index contributed by atoms with van der Waals surface area (Å²) in [5.41, 5.74) is 4.78. The van der Waals surface area contributed by atoms with Gasteiger partial charge in [0.15, 0.2) is 0 Å². The Hall–Kier alpha value is -4.60. The number of hydrogen-bond acceptors (Lipinski definition) is 4. The Bertz CT molecular complexity index is 1250. The molecule has 4 aromatic rings. The number of para-hydroxylation sites is 2. The molecular formula is C20H14N4O6. The van der Waals surface area contributed by atoms with Crippen LogP contribution < -0.4 is 10.9 Å². The third-order valence-corrected chi connectivity index (χ3v) is 4.49. The Balaban J connectivity index is 1.66. The van der Waals surface area contributed by atoms with E-state index >= 15 is 0 Å². The van der Waals surface area contributed by atoms with Crippen molar-refractivity contribution in [2.45, 2.75) is 0 Å². The summed E-state index contributed by atoms with van der Waals surface area (Å²) in [5.74, 6) is -4.94. The van der Waals surface area contributed by atoms with Gasteiger partial charge in [-0.2, -0.15) is 0 Å². The zero-order chi connectivity index (χ0) is 21.4. The lowest BCUT2D eigenvalue weighted by atomic mass is 10.2. The molecule has 10 nitrogen and oxygen atoms in total. The highest BCUT2D eigenvalue weighted by atomic mass is 16.4. The largest absolute Gasteiger partial charge is 0.477 e. The van der Waals surface area contributed by atoms with Gasteiger partial charge in [-0.25, -0.2) is 18.9 Å². The number of hydrogen-bond donors (Lipinski definition) is 4. The first-order valence-corrected chi connectivity index (χ1v) is 8.66. The summed E-state index contributed by atoms with van der Waals surface area (Å²) in [6.07, 6.45) is 0. The molecule has 150 valence electrons. The van der Waals surface area contributed by atoms with E-state index in [0.29, 0.717) is 21.8 Å². The smallest absolute Gasteiger partial charge is 0.354 e. The summed E-state index contributed by atoms with van der Waals surface area (Å²) >= 11 is 0. The lowest BCUT2D eigenvalue weighted by Crippen LogP contribution is -2.39. The number of nitrogens with one attached hydrogen (secondary N) is 2. The maximum atomic E-state index is 12.5. The van der Waals surface area contributed by atoms with Crippen molar-refractivity contribution in [2.24, 2.45) is 0 Å². The van der Waals surface area contributed by atoms with Crippen molar-refractivity contribution >= 4 is 45.6 Å². The number of aromatic carboxylic acids is 2. The van der Waals surface area contributed by atoms with E-state index in [1.165, 1.54) is 12.1 Å². The highest BCUT2D eigenvalue weighted by Crippen LogP contribution is 2.20. The molecule has 0 aliphatic heterocycles. The van der Waals surface area contributed by atoms with Crippen molar-refractivity contribution in [1.82, 2.24) is 9.35 Å². The number of fused-ring (bicyclic) bond motifs is 2. The fraction of sp³-hybridized carbons (Fsp3) is 0. The maximum absolute atomic E-state index is 12.5. The van der Waals surface area contributed by atoms with Crippen LogP contribution in [-0.4, -0.2) is 43.3 Å². The number of benzene rings is 2. The van der Waals surface area contributed by atoms with E-state index in [9.17, 15) is 29.4 Å². The van der Waals surface area contributed by atoms with Gasteiger partial charge in [0.1, 0.15) is 11.4 Å². The van der Waals surface area contributed by atoms with Crippen molar-refractivity contribution in [3.63, 3.8) is 0 Å². The van der Waals surface area contributed by atoms with Crippen LogP contribution in [0.25, 0.3) is 21.8 Å². The monoisotopic (exact) mass is 406 g/mol. The topological polar surface area (TPSA) is 143 Å². The highest BCUT2D eigenvalue weighted by Gasteiger charge is 2.23. The summed E-state index contributed by atoms with van der Waals surface area (Å²) in [7, 11) is 0. The molecule has 0 fully saturated rings. The van der Waals surface area contributed by atoms with Gasteiger partial charge >= 0.3 is 23.8 Å². The second-order valence-corrected chi connectivity index (χ2v) is 6.34. The fourth-order valence-electron chi connectivity index (χ4n) is 3.17. The minimum absolute atomic E-state index is 0.241. The first-order valence-electron chi connectivity index (χ1n) is 8.66. The molecular weight excluding hydrogens is 392 g/mol. The minimum atomic E-state index is -1.29. The Labute approximate surface area is 167 Å². The van der Waals surface area contributed by atoms with Gasteiger partial charge in [0, 0.05) is 10.8 Å². The number of aromatic nitrogens is 2. The van der Waals surface area contributed by atoms with Crippen molar-refractivity contribution in [3.8, 4) is 0 Å². The van der Waals surface area contributed by atoms with Crippen LogP contribution in [0.2, 0.25) is 0 Å². The van der Waals surface area contributed by atoms with Crippen LogP contribution in [0, 0.1) is 0 Å². The number of rotatable bonds is 4. The van der Waals surface area contributed by atoms with E-state index in [4.69, 9.17) is 0 Å². The molecule has 0 bridgehead atoms. The standard InChI is InChI=1S/C20H14N4O6/c25-17(21-23-13-7-3-1-5-11(13)9-15(23)19(27)28)18(26)22-24-14-8-4-2-6-12(14)10-16(24)20(29)30/h1-10H,(H,21,25)(H,22,26)(H,27,28)(H,29,30). The number of carbonyl (C=O) groups is 4. The Morgan fingerprint density at radius 3 is 1.37 bits per heavy atom. The highest BCUT2D eigenvalue weighted by molar-refractivity contribution is 6.41. The van der Waals surface area contributed by atoms with Gasteiger partial charge in [0.05, 0.1) is 11.0 Å². The third-order valence-electron chi connectivity index (χ3n) is 4.49. The van der Waals surface area contributed by atoms with Crippen LogP contribution in [-0.2, 0) is 9.59 Å². The van der Waals surface area contributed by atoms with E-state index in [0.717, 1.165) is 9.35 Å².